The number of amides is 1. The van der Waals surface area contributed by atoms with Crippen molar-refractivity contribution in [2.45, 2.75) is 6.10 Å². The van der Waals surface area contributed by atoms with E-state index in [1.54, 1.807) is 12.1 Å². The van der Waals surface area contributed by atoms with E-state index in [1.165, 1.54) is 23.1 Å². The molecule has 1 aliphatic heterocycles. The van der Waals surface area contributed by atoms with Gasteiger partial charge in [0.2, 0.25) is 0 Å². The Bertz CT molecular complexity index is 665. The molecule has 21 heavy (non-hydrogen) atoms. The number of aromatic nitrogens is 2. The van der Waals surface area contributed by atoms with Gasteiger partial charge in [0.1, 0.15) is 5.82 Å². The number of halogens is 1. The summed E-state index contributed by atoms with van der Waals surface area (Å²) in [5.41, 5.74) is 6.47. The zero-order chi connectivity index (χ0) is 14.8. The van der Waals surface area contributed by atoms with Crippen molar-refractivity contribution in [1.29, 1.82) is 0 Å². The predicted molar refractivity (Wildman–Crippen MR) is 73.6 cm³/mol. The smallest absolute Gasteiger partial charge is 0.251 e. The summed E-state index contributed by atoms with van der Waals surface area (Å²) in [4.78, 5) is 11.0. The van der Waals surface area contributed by atoms with E-state index in [1.807, 2.05) is 0 Å². The molecule has 110 valence electrons. The van der Waals surface area contributed by atoms with Gasteiger partial charge in [-0.3, -0.25) is 4.79 Å². The van der Waals surface area contributed by atoms with Crippen LogP contribution in [0.2, 0.25) is 0 Å². The largest absolute Gasteiger partial charge is 0.371 e. The molecule has 2 aromatic rings. The second-order valence-electron chi connectivity index (χ2n) is 4.81. The summed E-state index contributed by atoms with van der Waals surface area (Å²) in [6, 6.07) is 4.77. The number of carbonyl (C=O) groups is 1. The number of nitrogens with two attached hydrogens (primary N) is 1. The average molecular weight is 290 g/mol. The lowest BCUT2D eigenvalue weighted by atomic mass is 10.1. The third kappa shape index (κ3) is 2.79. The van der Waals surface area contributed by atoms with Gasteiger partial charge in [0, 0.05) is 24.8 Å². The van der Waals surface area contributed by atoms with Gasteiger partial charge >= 0.3 is 0 Å². The van der Waals surface area contributed by atoms with Crippen molar-refractivity contribution in [3.63, 3.8) is 0 Å². The lowest BCUT2D eigenvalue weighted by Gasteiger charge is -2.24. The van der Waals surface area contributed by atoms with Gasteiger partial charge in [-0.2, -0.15) is 5.10 Å². The molecule has 2 heterocycles. The second kappa shape index (κ2) is 5.63. The quantitative estimate of drug-likeness (QED) is 0.875. The molecule has 0 radical (unpaired) electrons. The maximum atomic E-state index is 14.2. The average Bonchev–Trinajstić information content (AvgIpc) is 2.98. The van der Waals surface area contributed by atoms with Gasteiger partial charge in [0.05, 0.1) is 30.2 Å². The van der Waals surface area contributed by atoms with Crippen molar-refractivity contribution in [2.75, 3.05) is 19.7 Å². The van der Waals surface area contributed by atoms with E-state index in [-0.39, 0.29) is 17.5 Å². The van der Waals surface area contributed by atoms with Crippen LogP contribution in [-0.2, 0) is 4.74 Å². The summed E-state index contributed by atoms with van der Waals surface area (Å²) in [5.74, 6) is -0.933. The van der Waals surface area contributed by atoms with E-state index in [2.05, 4.69) is 10.4 Å². The minimum atomic E-state index is -0.569. The van der Waals surface area contributed by atoms with Crippen molar-refractivity contribution in [2.24, 2.45) is 5.73 Å². The van der Waals surface area contributed by atoms with E-state index in [0.29, 0.717) is 24.4 Å². The number of nitrogens with zero attached hydrogens (tertiary/aromatic N) is 2. The first-order chi connectivity index (χ1) is 10.1. The summed E-state index contributed by atoms with van der Waals surface area (Å²) in [6.45, 7) is 1.93. The maximum absolute atomic E-state index is 14.2. The lowest BCUT2D eigenvalue weighted by molar-refractivity contribution is 0.0255. The van der Waals surface area contributed by atoms with E-state index < -0.39 is 5.91 Å². The highest BCUT2D eigenvalue weighted by Gasteiger charge is 2.19. The molecule has 3 N–H and O–H groups in total. The molecule has 0 aliphatic carbocycles. The number of hydrogen-bond donors (Lipinski definition) is 2. The molecular weight excluding hydrogens is 275 g/mol. The van der Waals surface area contributed by atoms with Crippen molar-refractivity contribution >= 4 is 5.91 Å². The van der Waals surface area contributed by atoms with Crippen LogP contribution in [0.4, 0.5) is 4.39 Å². The molecule has 6 nitrogen and oxygen atoms in total. The number of morpholine rings is 1. The van der Waals surface area contributed by atoms with E-state index >= 15 is 0 Å². The fourth-order valence-corrected chi connectivity index (χ4v) is 2.28. The normalized spacial score (nSPS) is 18.6. The molecule has 7 heteroatoms. The first-order valence-electron chi connectivity index (χ1n) is 6.62. The van der Waals surface area contributed by atoms with Crippen LogP contribution < -0.4 is 11.1 Å². The monoisotopic (exact) mass is 290 g/mol. The predicted octanol–water partition coefficient (Wildman–Crippen LogP) is 0.771. The Morgan fingerprint density at radius 2 is 2.38 bits per heavy atom. The molecule has 0 saturated carbocycles. The third-order valence-electron chi connectivity index (χ3n) is 3.39. The van der Waals surface area contributed by atoms with Crippen LogP contribution in [0.3, 0.4) is 0 Å². The topological polar surface area (TPSA) is 82.2 Å². The number of rotatable bonds is 3. The van der Waals surface area contributed by atoms with Gasteiger partial charge < -0.3 is 15.8 Å². The Kier molecular flexibility index (Phi) is 3.68. The van der Waals surface area contributed by atoms with Crippen LogP contribution >= 0.6 is 0 Å². The Morgan fingerprint density at radius 3 is 3.00 bits per heavy atom. The molecule has 1 atom stereocenters. The summed E-state index contributed by atoms with van der Waals surface area (Å²) < 4.78 is 21.2. The van der Waals surface area contributed by atoms with E-state index in [4.69, 9.17) is 10.5 Å². The minimum absolute atomic E-state index is 0.277. The zero-order valence-corrected chi connectivity index (χ0v) is 11.3. The number of benzene rings is 1. The van der Waals surface area contributed by atoms with E-state index in [9.17, 15) is 9.18 Å². The zero-order valence-electron chi connectivity index (χ0n) is 11.3. The second-order valence-corrected chi connectivity index (χ2v) is 4.81. The Balaban J connectivity index is 1.87. The van der Waals surface area contributed by atoms with Crippen molar-refractivity contribution in [3.05, 3.63) is 47.5 Å². The van der Waals surface area contributed by atoms with Crippen LogP contribution in [0.25, 0.3) is 5.69 Å². The molecule has 1 amide bonds. The summed E-state index contributed by atoms with van der Waals surface area (Å²) in [5, 5.41) is 7.16. The van der Waals surface area contributed by atoms with Gasteiger partial charge in [0.25, 0.3) is 5.91 Å². The molecule has 1 aromatic carbocycles. The minimum Gasteiger partial charge on any atom is -0.371 e. The van der Waals surface area contributed by atoms with Gasteiger partial charge in [0.15, 0.2) is 0 Å². The summed E-state index contributed by atoms with van der Waals surface area (Å²) >= 11 is 0. The highest BCUT2D eigenvalue weighted by molar-refractivity contribution is 5.92. The van der Waals surface area contributed by atoms with Crippen LogP contribution in [0.5, 0.6) is 0 Å². The van der Waals surface area contributed by atoms with Crippen molar-refractivity contribution < 1.29 is 13.9 Å². The van der Waals surface area contributed by atoms with Crippen LogP contribution in [0.1, 0.15) is 22.0 Å². The van der Waals surface area contributed by atoms with Crippen LogP contribution in [0.15, 0.2) is 30.6 Å². The van der Waals surface area contributed by atoms with Gasteiger partial charge in [-0.1, -0.05) is 6.07 Å². The molecular formula is C14H15FN4O2. The number of carbonyl (C=O) groups excluding carboxylic acids is 1. The molecule has 0 bridgehead atoms. The number of ether oxygens (including phenoxy) is 1. The standard InChI is InChI=1S/C14H15FN4O2/c15-12-5-10(19-8-9(6-18-19)14(16)20)1-2-11(12)13-7-17-3-4-21-13/h1-2,5-6,8,13,17H,3-4,7H2,(H2,16,20). The highest BCUT2D eigenvalue weighted by Crippen LogP contribution is 2.23. The Labute approximate surface area is 120 Å². The van der Waals surface area contributed by atoms with Crippen molar-refractivity contribution in [3.8, 4) is 5.69 Å². The Morgan fingerprint density at radius 1 is 1.52 bits per heavy atom. The molecule has 3 rings (SSSR count). The van der Waals surface area contributed by atoms with Crippen LogP contribution in [-0.4, -0.2) is 35.4 Å². The lowest BCUT2D eigenvalue weighted by Crippen LogP contribution is -2.33. The molecule has 1 saturated heterocycles. The fourth-order valence-electron chi connectivity index (χ4n) is 2.28. The fraction of sp³-hybridized carbons (Fsp3) is 0.286. The van der Waals surface area contributed by atoms with Gasteiger partial charge in [-0.05, 0) is 12.1 Å². The molecule has 1 fully saturated rings. The third-order valence-corrected chi connectivity index (χ3v) is 3.39. The first-order valence-corrected chi connectivity index (χ1v) is 6.62. The number of primary amides is 1. The highest BCUT2D eigenvalue weighted by atomic mass is 19.1. The maximum Gasteiger partial charge on any atom is 0.251 e. The first kappa shape index (κ1) is 13.7. The molecule has 1 aliphatic rings. The van der Waals surface area contributed by atoms with Gasteiger partial charge in [-0.25, -0.2) is 9.07 Å². The Hall–Kier alpha value is -2.25. The van der Waals surface area contributed by atoms with Gasteiger partial charge in [-0.15, -0.1) is 0 Å². The summed E-state index contributed by atoms with van der Waals surface area (Å²) in [6.07, 6.45) is 2.53. The van der Waals surface area contributed by atoms with Crippen LogP contribution in [0, 0.1) is 5.82 Å². The molecule has 0 spiro atoms. The summed E-state index contributed by atoms with van der Waals surface area (Å²) in [7, 11) is 0. The SMILES string of the molecule is NC(=O)c1cnn(-c2ccc(C3CNCCO3)c(F)c2)c1. The van der Waals surface area contributed by atoms with E-state index in [0.717, 1.165) is 6.54 Å². The molecule has 1 aromatic heterocycles. The number of nitrogens with one attached hydrogen (secondary N) is 1. The van der Waals surface area contributed by atoms with Crippen molar-refractivity contribution in [1.82, 2.24) is 15.1 Å². The molecule has 1 unspecified atom stereocenters. The number of hydrogen-bond acceptors (Lipinski definition) is 4.